The van der Waals surface area contributed by atoms with Crippen LogP contribution in [0.15, 0.2) is 0 Å². The van der Waals surface area contributed by atoms with Crippen molar-refractivity contribution < 1.29 is 23.1 Å². The minimum atomic E-state index is -3.36. The summed E-state index contributed by atoms with van der Waals surface area (Å²) in [5.41, 5.74) is -0.965. The smallest absolute Gasteiger partial charge is 0.315 e. The molecule has 1 aliphatic rings. The van der Waals surface area contributed by atoms with Crippen molar-refractivity contribution in [3.8, 4) is 0 Å². The third-order valence-corrected chi connectivity index (χ3v) is 5.79. The Balaban J connectivity index is 2.46. The molecule has 1 fully saturated rings. The Morgan fingerprint density at radius 3 is 2.52 bits per heavy atom. The number of rotatable bonds is 6. The highest BCUT2D eigenvalue weighted by molar-refractivity contribution is 7.89. The van der Waals surface area contributed by atoms with Gasteiger partial charge in [-0.2, -0.15) is 0 Å². The molecule has 2 amide bonds. The van der Waals surface area contributed by atoms with E-state index < -0.39 is 33.5 Å². The van der Waals surface area contributed by atoms with Gasteiger partial charge in [0.15, 0.2) is 0 Å². The summed E-state index contributed by atoms with van der Waals surface area (Å²) in [5.74, 6) is -1.13. The van der Waals surface area contributed by atoms with Crippen LogP contribution >= 0.6 is 0 Å². The second-order valence-electron chi connectivity index (χ2n) is 5.67. The van der Waals surface area contributed by atoms with E-state index in [-0.39, 0.29) is 12.3 Å². The third-order valence-electron chi connectivity index (χ3n) is 3.95. The van der Waals surface area contributed by atoms with E-state index in [1.165, 1.54) is 14.1 Å². The molecule has 122 valence electrons. The van der Waals surface area contributed by atoms with Crippen LogP contribution in [0.4, 0.5) is 4.79 Å². The monoisotopic (exact) mass is 321 g/mol. The Labute approximate surface area is 124 Å². The second kappa shape index (κ2) is 6.61. The number of carboxylic acids is 1. The molecule has 9 heteroatoms. The number of carbonyl (C=O) groups is 2. The number of amides is 2. The summed E-state index contributed by atoms with van der Waals surface area (Å²) in [4.78, 5) is 23.0. The maximum Gasteiger partial charge on any atom is 0.315 e. The molecule has 2 atom stereocenters. The van der Waals surface area contributed by atoms with Gasteiger partial charge in [0, 0.05) is 26.7 Å². The summed E-state index contributed by atoms with van der Waals surface area (Å²) in [6.07, 6.45) is 1.86. The van der Waals surface area contributed by atoms with Crippen molar-refractivity contribution in [2.45, 2.75) is 32.2 Å². The molecular weight excluding hydrogens is 298 g/mol. The van der Waals surface area contributed by atoms with Crippen LogP contribution in [-0.2, 0) is 14.8 Å². The minimum absolute atomic E-state index is 0.0249. The van der Waals surface area contributed by atoms with Crippen molar-refractivity contribution >= 4 is 22.0 Å². The standard InChI is InChI=1S/C12H23N3O5S/c1-12(10(16)17)6-4-5-9(12)14-11(18)13-7-8-21(19,20)15(2)3/h9H,4-8H2,1-3H3,(H,16,17)(H2,13,14,18). The molecule has 0 saturated heterocycles. The van der Waals surface area contributed by atoms with Gasteiger partial charge in [0.25, 0.3) is 0 Å². The molecule has 0 heterocycles. The largest absolute Gasteiger partial charge is 0.481 e. The third kappa shape index (κ3) is 4.31. The number of hydrogen-bond acceptors (Lipinski definition) is 4. The highest BCUT2D eigenvalue weighted by atomic mass is 32.2. The van der Waals surface area contributed by atoms with E-state index >= 15 is 0 Å². The van der Waals surface area contributed by atoms with Gasteiger partial charge in [-0.25, -0.2) is 17.5 Å². The average molecular weight is 321 g/mol. The summed E-state index contributed by atoms with van der Waals surface area (Å²) >= 11 is 0. The number of carbonyl (C=O) groups excluding carboxylic acids is 1. The molecule has 0 aromatic rings. The number of sulfonamides is 1. The molecule has 1 saturated carbocycles. The number of carboxylic acid groups (broad SMARTS) is 1. The molecule has 0 aliphatic heterocycles. The molecule has 2 unspecified atom stereocenters. The fourth-order valence-corrected chi connectivity index (χ4v) is 3.06. The van der Waals surface area contributed by atoms with Gasteiger partial charge in [0.05, 0.1) is 11.2 Å². The maximum atomic E-state index is 11.7. The Morgan fingerprint density at radius 2 is 2.00 bits per heavy atom. The van der Waals surface area contributed by atoms with E-state index in [0.717, 1.165) is 10.7 Å². The lowest BCUT2D eigenvalue weighted by Crippen LogP contribution is -2.50. The van der Waals surface area contributed by atoms with Gasteiger partial charge >= 0.3 is 12.0 Å². The van der Waals surface area contributed by atoms with Crippen LogP contribution in [0.1, 0.15) is 26.2 Å². The molecule has 21 heavy (non-hydrogen) atoms. The lowest BCUT2D eigenvalue weighted by atomic mass is 9.85. The summed E-state index contributed by atoms with van der Waals surface area (Å²) in [7, 11) is -0.515. The van der Waals surface area contributed by atoms with Crippen molar-refractivity contribution in [2.24, 2.45) is 5.41 Å². The molecule has 0 aromatic carbocycles. The van der Waals surface area contributed by atoms with Crippen molar-refractivity contribution in [2.75, 3.05) is 26.4 Å². The van der Waals surface area contributed by atoms with Crippen LogP contribution in [0, 0.1) is 5.41 Å². The summed E-state index contributed by atoms with van der Waals surface area (Å²) in [6.45, 7) is 1.59. The van der Waals surface area contributed by atoms with E-state index in [1.807, 2.05) is 0 Å². The summed E-state index contributed by atoms with van der Waals surface area (Å²) in [5, 5.41) is 14.3. The molecule has 0 spiro atoms. The maximum absolute atomic E-state index is 11.7. The van der Waals surface area contributed by atoms with Crippen LogP contribution in [0.5, 0.6) is 0 Å². The first-order valence-electron chi connectivity index (χ1n) is 6.77. The van der Waals surface area contributed by atoms with E-state index in [2.05, 4.69) is 10.6 Å². The van der Waals surface area contributed by atoms with Crippen molar-refractivity contribution in [3.05, 3.63) is 0 Å². The number of urea groups is 1. The Morgan fingerprint density at radius 1 is 1.38 bits per heavy atom. The number of hydrogen-bond donors (Lipinski definition) is 3. The van der Waals surface area contributed by atoms with Crippen molar-refractivity contribution in [1.29, 1.82) is 0 Å². The van der Waals surface area contributed by atoms with Gasteiger partial charge in [-0.1, -0.05) is 6.42 Å². The van der Waals surface area contributed by atoms with Gasteiger partial charge in [0.1, 0.15) is 0 Å². The number of nitrogens with one attached hydrogen (secondary N) is 2. The van der Waals surface area contributed by atoms with Crippen LogP contribution in [0.3, 0.4) is 0 Å². The van der Waals surface area contributed by atoms with Gasteiger partial charge in [0.2, 0.25) is 10.0 Å². The lowest BCUT2D eigenvalue weighted by molar-refractivity contribution is -0.148. The Bertz CT molecular complexity index is 505. The van der Waals surface area contributed by atoms with Gasteiger partial charge in [-0.15, -0.1) is 0 Å². The quantitative estimate of drug-likeness (QED) is 0.627. The van der Waals surface area contributed by atoms with Crippen LogP contribution in [0.25, 0.3) is 0 Å². The normalized spacial score (nSPS) is 25.8. The topological polar surface area (TPSA) is 116 Å². The van der Waals surface area contributed by atoms with Crippen LogP contribution < -0.4 is 10.6 Å². The minimum Gasteiger partial charge on any atom is -0.481 e. The number of nitrogens with zero attached hydrogens (tertiary/aromatic N) is 1. The predicted molar refractivity (Wildman–Crippen MR) is 77.4 cm³/mol. The highest BCUT2D eigenvalue weighted by Gasteiger charge is 2.45. The second-order valence-corrected chi connectivity index (χ2v) is 7.97. The zero-order valence-corrected chi connectivity index (χ0v) is 13.4. The molecule has 8 nitrogen and oxygen atoms in total. The fraction of sp³-hybridized carbons (Fsp3) is 0.833. The lowest BCUT2D eigenvalue weighted by Gasteiger charge is -2.27. The summed E-state index contributed by atoms with van der Waals surface area (Å²) in [6, 6.07) is -0.983. The predicted octanol–water partition coefficient (Wildman–Crippen LogP) is -0.180. The molecule has 3 N–H and O–H groups in total. The number of aliphatic carboxylic acids is 1. The van der Waals surface area contributed by atoms with Gasteiger partial charge in [-0.3, -0.25) is 4.79 Å². The molecular formula is C12H23N3O5S. The van der Waals surface area contributed by atoms with Crippen molar-refractivity contribution in [1.82, 2.24) is 14.9 Å². The molecule has 0 radical (unpaired) electrons. The van der Waals surface area contributed by atoms with E-state index in [9.17, 15) is 23.1 Å². The molecule has 0 bridgehead atoms. The van der Waals surface area contributed by atoms with E-state index in [0.29, 0.717) is 12.8 Å². The molecule has 0 aromatic heterocycles. The zero-order chi connectivity index (χ0) is 16.3. The van der Waals surface area contributed by atoms with Gasteiger partial charge in [-0.05, 0) is 19.8 Å². The Kier molecular flexibility index (Phi) is 5.57. The van der Waals surface area contributed by atoms with E-state index in [1.54, 1.807) is 6.92 Å². The van der Waals surface area contributed by atoms with E-state index in [4.69, 9.17) is 0 Å². The zero-order valence-electron chi connectivity index (χ0n) is 12.5. The van der Waals surface area contributed by atoms with Crippen molar-refractivity contribution in [3.63, 3.8) is 0 Å². The first-order chi connectivity index (χ1) is 9.59. The average Bonchev–Trinajstić information content (AvgIpc) is 2.72. The van der Waals surface area contributed by atoms with Gasteiger partial charge < -0.3 is 15.7 Å². The molecule has 1 rings (SSSR count). The SMILES string of the molecule is CN(C)S(=O)(=O)CCNC(=O)NC1CCCC1(C)C(=O)O. The fourth-order valence-electron chi connectivity index (χ4n) is 2.34. The first-order valence-corrected chi connectivity index (χ1v) is 8.38. The molecule has 1 aliphatic carbocycles. The Hall–Kier alpha value is -1.35. The first kappa shape index (κ1) is 17.7. The van der Waals surface area contributed by atoms with Crippen LogP contribution in [0.2, 0.25) is 0 Å². The van der Waals surface area contributed by atoms with Crippen LogP contribution in [-0.4, -0.2) is 62.3 Å². The highest BCUT2D eigenvalue weighted by Crippen LogP contribution is 2.38. The summed E-state index contributed by atoms with van der Waals surface area (Å²) < 4.78 is 24.1.